The van der Waals surface area contributed by atoms with E-state index >= 15 is 0 Å². The first-order valence-corrected chi connectivity index (χ1v) is 18.1. The third kappa shape index (κ3) is 15.1. The van der Waals surface area contributed by atoms with Crippen molar-refractivity contribution in [3.8, 4) is 0 Å². The Balaban J connectivity index is 3.35. The van der Waals surface area contributed by atoms with Gasteiger partial charge in [-0.25, -0.2) is 14.4 Å². The van der Waals surface area contributed by atoms with E-state index < -0.39 is 82.9 Å². The molecule has 0 saturated carbocycles. The van der Waals surface area contributed by atoms with Gasteiger partial charge in [0, 0.05) is 0 Å². The SMILES string of the molecule is CC[C@H](NC(=O)C(C)(NC(=O)[C@H](CC(C)C)NC(=O)[C@@H](NC(=O)OCc1ccccc1)C(C)C)C(=O)OC(C)(C)C)C(=O)N[C@H](C(=O)OC)[C@@H](C)CC. The third-order valence-corrected chi connectivity index (χ3v) is 8.41. The van der Waals surface area contributed by atoms with Crippen LogP contribution in [-0.2, 0) is 49.6 Å². The maximum atomic E-state index is 14.0. The van der Waals surface area contributed by atoms with E-state index in [9.17, 15) is 33.6 Å². The summed E-state index contributed by atoms with van der Waals surface area (Å²) < 4.78 is 15.7. The molecule has 0 fully saturated rings. The molecule has 15 heteroatoms. The van der Waals surface area contributed by atoms with Crippen LogP contribution in [0, 0.1) is 17.8 Å². The van der Waals surface area contributed by atoms with Crippen LogP contribution in [0.15, 0.2) is 30.3 Å². The molecule has 53 heavy (non-hydrogen) atoms. The first-order valence-electron chi connectivity index (χ1n) is 18.1. The lowest BCUT2D eigenvalue weighted by Crippen LogP contribution is -2.68. The van der Waals surface area contributed by atoms with Gasteiger partial charge in [0.15, 0.2) is 0 Å². The molecular weight excluding hydrogens is 686 g/mol. The number of nitrogens with one attached hydrogen (secondary N) is 5. The lowest BCUT2D eigenvalue weighted by atomic mass is 9.96. The van der Waals surface area contributed by atoms with Gasteiger partial charge in [0.2, 0.25) is 23.3 Å². The Bertz CT molecular complexity index is 1410. The van der Waals surface area contributed by atoms with Crippen molar-refractivity contribution in [3.63, 3.8) is 0 Å². The largest absolute Gasteiger partial charge is 0.467 e. The van der Waals surface area contributed by atoms with Crippen LogP contribution in [0.2, 0.25) is 0 Å². The summed E-state index contributed by atoms with van der Waals surface area (Å²) in [5, 5.41) is 12.9. The topological polar surface area (TPSA) is 207 Å². The van der Waals surface area contributed by atoms with Crippen LogP contribution >= 0.6 is 0 Å². The van der Waals surface area contributed by atoms with E-state index in [2.05, 4.69) is 26.6 Å². The van der Waals surface area contributed by atoms with Crippen molar-refractivity contribution < 1.29 is 47.8 Å². The zero-order valence-electron chi connectivity index (χ0n) is 33.3. The smallest absolute Gasteiger partial charge is 0.408 e. The Morgan fingerprint density at radius 3 is 1.81 bits per heavy atom. The van der Waals surface area contributed by atoms with Gasteiger partial charge in [-0.15, -0.1) is 0 Å². The molecule has 0 heterocycles. The summed E-state index contributed by atoms with van der Waals surface area (Å²) in [4.78, 5) is 93.6. The fraction of sp³-hybridized carbons (Fsp3) is 0.658. The normalized spacial score (nSPS) is 15.4. The molecular formula is C38H61N5O10. The quantitative estimate of drug-likeness (QED) is 0.0793. The summed E-state index contributed by atoms with van der Waals surface area (Å²) in [5.74, 6) is -5.95. The molecule has 0 spiro atoms. The van der Waals surface area contributed by atoms with Gasteiger partial charge in [-0.3, -0.25) is 19.2 Å². The Morgan fingerprint density at radius 2 is 1.32 bits per heavy atom. The molecule has 0 aliphatic rings. The first kappa shape index (κ1) is 46.3. The highest BCUT2D eigenvalue weighted by Crippen LogP contribution is 2.18. The van der Waals surface area contributed by atoms with Gasteiger partial charge >= 0.3 is 18.0 Å². The van der Waals surface area contributed by atoms with Crippen molar-refractivity contribution in [3.05, 3.63) is 35.9 Å². The number of amides is 5. The molecule has 5 N–H and O–H groups in total. The molecule has 0 saturated heterocycles. The zero-order valence-corrected chi connectivity index (χ0v) is 33.3. The predicted molar refractivity (Wildman–Crippen MR) is 198 cm³/mol. The monoisotopic (exact) mass is 747 g/mol. The molecule has 0 bridgehead atoms. The molecule has 0 aromatic heterocycles. The molecule has 1 unspecified atom stereocenters. The van der Waals surface area contributed by atoms with Crippen LogP contribution in [0.3, 0.4) is 0 Å². The predicted octanol–water partition coefficient (Wildman–Crippen LogP) is 3.28. The number of carbonyl (C=O) groups is 7. The molecule has 0 aliphatic carbocycles. The molecule has 5 amide bonds. The van der Waals surface area contributed by atoms with Crippen molar-refractivity contribution in [1.29, 1.82) is 0 Å². The molecule has 15 nitrogen and oxygen atoms in total. The number of hydrogen-bond donors (Lipinski definition) is 5. The van der Waals surface area contributed by atoms with Crippen molar-refractivity contribution >= 4 is 41.7 Å². The molecule has 0 radical (unpaired) electrons. The molecule has 1 rings (SSSR count). The Kier molecular flexibility index (Phi) is 18.5. The lowest BCUT2D eigenvalue weighted by molar-refractivity contribution is -0.167. The summed E-state index contributed by atoms with van der Waals surface area (Å²) in [6.45, 7) is 18.2. The van der Waals surface area contributed by atoms with E-state index in [1.165, 1.54) is 7.11 Å². The van der Waals surface area contributed by atoms with Gasteiger partial charge in [0.05, 0.1) is 7.11 Å². The zero-order chi connectivity index (χ0) is 40.7. The Morgan fingerprint density at radius 1 is 0.717 bits per heavy atom. The number of esters is 2. The maximum Gasteiger partial charge on any atom is 0.408 e. The highest BCUT2D eigenvalue weighted by Gasteiger charge is 2.48. The van der Waals surface area contributed by atoms with Gasteiger partial charge in [-0.2, -0.15) is 0 Å². The van der Waals surface area contributed by atoms with Gasteiger partial charge < -0.3 is 40.8 Å². The van der Waals surface area contributed by atoms with Crippen LogP contribution in [-0.4, -0.2) is 84.1 Å². The van der Waals surface area contributed by atoms with Crippen LogP contribution in [0.4, 0.5) is 4.79 Å². The average molecular weight is 748 g/mol. The second-order valence-electron chi connectivity index (χ2n) is 15.1. The van der Waals surface area contributed by atoms with Crippen molar-refractivity contribution in [2.75, 3.05) is 7.11 Å². The van der Waals surface area contributed by atoms with Crippen molar-refractivity contribution in [2.24, 2.45) is 17.8 Å². The second-order valence-corrected chi connectivity index (χ2v) is 15.1. The van der Waals surface area contributed by atoms with Crippen molar-refractivity contribution in [1.82, 2.24) is 26.6 Å². The van der Waals surface area contributed by atoms with Gasteiger partial charge in [0.25, 0.3) is 5.91 Å². The standard InChI is InChI=1S/C38H61N5O10/c1-13-24(7)29(33(47)51-12)41-30(44)26(14-2)40-34(48)38(11,35(49)53-37(8,9)10)43-31(45)27(20-22(3)4)39-32(46)28(23(5)6)42-36(50)52-21-25-18-16-15-17-19-25/h15-19,22-24,26-29H,13-14,20-21H2,1-12H3,(H,39,46)(H,40,48)(H,41,44)(H,42,50)(H,43,45)/t24-,26-,27-,28-,29-,38?/m0/s1. The number of ether oxygens (including phenoxy) is 3. The summed E-state index contributed by atoms with van der Waals surface area (Å²) in [6, 6.07) is 4.42. The number of rotatable bonds is 19. The minimum Gasteiger partial charge on any atom is -0.467 e. The van der Waals surface area contributed by atoms with Gasteiger partial charge in [-0.1, -0.05) is 85.2 Å². The fourth-order valence-electron chi connectivity index (χ4n) is 5.01. The molecule has 6 atom stereocenters. The van der Waals surface area contributed by atoms with E-state index in [1.807, 2.05) is 26.8 Å². The van der Waals surface area contributed by atoms with Crippen LogP contribution in [0.1, 0.15) is 101 Å². The highest BCUT2D eigenvalue weighted by atomic mass is 16.6. The van der Waals surface area contributed by atoms with E-state index in [1.54, 1.807) is 72.7 Å². The fourth-order valence-corrected chi connectivity index (χ4v) is 5.01. The molecule has 1 aromatic rings. The van der Waals surface area contributed by atoms with E-state index in [4.69, 9.17) is 14.2 Å². The number of hydrogen-bond acceptors (Lipinski definition) is 10. The van der Waals surface area contributed by atoms with Gasteiger partial charge in [0.1, 0.15) is 36.4 Å². The van der Waals surface area contributed by atoms with Crippen molar-refractivity contribution in [2.45, 2.75) is 137 Å². The maximum absolute atomic E-state index is 14.0. The number of methoxy groups -OCH3 is 1. The summed E-state index contributed by atoms with van der Waals surface area (Å²) >= 11 is 0. The van der Waals surface area contributed by atoms with Crippen LogP contribution in [0.5, 0.6) is 0 Å². The van der Waals surface area contributed by atoms with E-state index in [-0.39, 0.29) is 31.3 Å². The summed E-state index contributed by atoms with van der Waals surface area (Å²) in [6.07, 6.45) is -0.129. The highest BCUT2D eigenvalue weighted by molar-refractivity contribution is 6.11. The molecule has 1 aromatic carbocycles. The van der Waals surface area contributed by atoms with Crippen LogP contribution < -0.4 is 26.6 Å². The van der Waals surface area contributed by atoms with E-state index in [0.717, 1.165) is 12.5 Å². The molecule has 298 valence electrons. The van der Waals surface area contributed by atoms with Gasteiger partial charge in [-0.05, 0) is 63.9 Å². The third-order valence-electron chi connectivity index (χ3n) is 8.41. The Labute approximate surface area is 313 Å². The summed E-state index contributed by atoms with van der Waals surface area (Å²) in [7, 11) is 1.20. The first-order chi connectivity index (χ1) is 24.6. The number of carbonyl (C=O) groups excluding carboxylic acids is 7. The van der Waals surface area contributed by atoms with Crippen LogP contribution in [0.25, 0.3) is 0 Å². The average Bonchev–Trinajstić information content (AvgIpc) is 3.08. The molecule has 0 aliphatic heterocycles. The number of benzene rings is 1. The lowest BCUT2D eigenvalue weighted by Gasteiger charge is -2.34. The number of alkyl carbamates (subject to hydrolysis) is 1. The second kappa shape index (κ2) is 21.1. The Hall–Kier alpha value is -4.69. The minimum atomic E-state index is -2.38. The minimum absolute atomic E-state index is 0.0208. The summed E-state index contributed by atoms with van der Waals surface area (Å²) in [5.41, 5.74) is -2.71. The van der Waals surface area contributed by atoms with E-state index in [0.29, 0.717) is 6.42 Å².